The van der Waals surface area contributed by atoms with Crippen LogP contribution in [0.5, 0.6) is 5.75 Å². The Labute approximate surface area is 145 Å². The summed E-state index contributed by atoms with van der Waals surface area (Å²) in [6, 6.07) is 13.4. The van der Waals surface area contributed by atoms with Gasteiger partial charge in [-0.25, -0.2) is 4.39 Å². The molecule has 0 aliphatic carbocycles. The fourth-order valence-electron chi connectivity index (χ4n) is 1.97. The van der Waals surface area contributed by atoms with Gasteiger partial charge in [0.1, 0.15) is 11.6 Å². The summed E-state index contributed by atoms with van der Waals surface area (Å²) in [6.07, 6.45) is 0.0614. The number of carbonyl (C=O) groups excluding carboxylic acids is 1. The first kappa shape index (κ1) is 17.7. The summed E-state index contributed by atoms with van der Waals surface area (Å²) in [4.78, 5) is 11.8. The Morgan fingerprint density at radius 3 is 2.54 bits per heavy atom. The van der Waals surface area contributed by atoms with Crippen LogP contribution in [0.25, 0.3) is 0 Å². The summed E-state index contributed by atoms with van der Waals surface area (Å²) in [6.45, 7) is 0.510. The van der Waals surface area contributed by atoms with E-state index in [-0.39, 0.29) is 18.1 Å². The van der Waals surface area contributed by atoms with Crippen molar-refractivity contribution in [2.24, 2.45) is 0 Å². The molecule has 0 spiro atoms. The van der Waals surface area contributed by atoms with Crippen molar-refractivity contribution >= 4 is 23.2 Å². The van der Waals surface area contributed by atoms with Gasteiger partial charge >= 0.3 is 0 Å². The predicted octanol–water partition coefficient (Wildman–Crippen LogP) is 2.07. The van der Waals surface area contributed by atoms with Gasteiger partial charge in [0.25, 0.3) is 0 Å². The van der Waals surface area contributed by atoms with Gasteiger partial charge in [-0.15, -0.1) is 0 Å². The molecule has 0 saturated carbocycles. The highest BCUT2D eigenvalue weighted by atomic mass is 32.1. The van der Waals surface area contributed by atoms with Crippen LogP contribution in [0.4, 0.5) is 4.39 Å². The topological polar surface area (TPSA) is 62.4 Å². The van der Waals surface area contributed by atoms with Crippen molar-refractivity contribution < 1.29 is 13.9 Å². The Morgan fingerprint density at radius 2 is 1.88 bits per heavy atom. The molecule has 2 rings (SSSR count). The molecule has 7 heteroatoms. The summed E-state index contributed by atoms with van der Waals surface area (Å²) in [7, 11) is 1.61. The van der Waals surface area contributed by atoms with Crippen molar-refractivity contribution in [1.82, 2.24) is 16.2 Å². The van der Waals surface area contributed by atoms with Crippen LogP contribution in [-0.2, 0) is 17.8 Å². The van der Waals surface area contributed by atoms with Crippen LogP contribution in [0.15, 0.2) is 48.5 Å². The van der Waals surface area contributed by atoms with Crippen LogP contribution in [0.1, 0.15) is 11.1 Å². The SMILES string of the molecule is COc1ccc(CNC(=S)NNC(=O)Cc2cccc(F)c2)cc1. The highest BCUT2D eigenvalue weighted by Crippen LogP contribution is 2.10. The number of carbonyl (C=O) groups is 1. The van der Waals surface area contributed by atoms with Gasteiger partial charge in [0.2, 0.25) is 5.91 Å². The third-order valence-electron chi connectivity index (χ3n) is 3.18. The van der Waals surface area contributed by atoms with E-state index in [1.54, 1.807) is 19.2 Å². The second kappa shape index (κ2) is 8.83. The normalized spacial score (nSPS) is 9.92. The monoisotopic (exact) mass is 347 g/mol. The van der Waals surface area contributed by atoms with Crippen molar-refractivity contribution in [3.63, 3.8) is 0 Å². The summed E-state index contributed by atoms with van der Waals surface area (Å²) in [5.41, 5.74) is 6.69. The third-order valence-corrected chi connectivity index (χ3v) is 3.43. The average Bonchev–Trinajstić information content (AvgIpc) is 2.58. The van der Waals surface area contributed by atoms with E-state index in [1.165, 1.54) is 12.1 Å². The van der Waals surface area contributed by atoms with Crippen molar-refractivity contribution in [1.29, 1.82) is 0 Å². The lowest BCUT2D eigenvalue weighted by molar-refractivity contribution is -0.121. The number of hydrogen-bond acceptors (Lipinski definition) is 3. The van der Waals surface area contributed by atoms with Crippen LogP contribution in [0.2, 0.25) is 0 Å². The molecule has 0 unspecified atom stereocenters. The quantitative estimate of drug-likeness (QED) is 0.571. The minimum absolute atomic E-state index is 0.0614. The number of rotatable bonds is 5. The van der Waals surface area contributed by atoms with Gasteiger partial charge in [-0.2, -0.15) is 0 Å². The molecule has 0 saturated heterocycles. The number of halogens is 1. The smallest absolute Gasteiger partial charge is 0.242 e. The minimum Gasteiger partial charge on any atom is -0.497 e. The van der Waals surface area contributed by atoms with Gasteiger partial charge in [0.15, 0.2) is 5.11 Å². The molecule has 1 amide bonds. The summed E-state index contributed by atoms with van der Waals surface area (Å²) < 4.78 is 18.1. The zero-order valence-electron chi connectivity index (χ0n) is 13.1. The molecule has 0 heterocycles. The molecule has 3 N–H and O–H groups in total. The van der Waals surface area contributed by atoms with Crippen LogP contribution in [-0.4, -0.2) is 18.1 Å². The van der Waals surface area contributed by atoms with Crippen molar-refractivity contribution in [3.8, 4) is 5.75 Å². The largest absolute Gasteiger partial charge is 0.497 e. The maximum atomic E-state index is 13.1. The molecule has 2 aromatic carbocycles. The van der Waals surface area contributed by atoms with Crippen LogP contribution in [0, 0.1) is 5.82 Å². The summed E-state index contributed by atoms with van der Waals surface area (Å²) in [5, 5.41) is 3.26. The molecule has 126 valence electrons. The second-order valence-corrected chi connectivity index (χ2v) is 5.42. The first-order valence-electron chi connectivity index (χ1n) is 7.27. The van der Waals surface area contributed by atoms with E-state index in [0.29, 0.717) is 17.2 Å². The second-order valence-electron chi connectivity index (χ2n) is 5.01. The number of methoxy groups -OCH3 is 1. The lowest BCUT2D eigenvalue weighted by Crippen LogP contribution is -2.47. The molecule has 0 atom stereocenters. The number of hydrazine groups is 1. The van der Waals surface area contributed by atoms with E-state index >= 15 is 0 Å². The predicted molar refractivity (Wildman–Crippen MR) is 93.8 cm³/mol. The standard InChI is InChI=1S/C17H18FN3O2S/c1-23-15-7-5-12(6-8-15)11-19-17(24)21-20-16(22)10-13-3-2-4-14(18)9-13/h2-9H,10-11H2,1H3,(H,20,22)(H2,19,21,24). The molecule has 0 aliphatic heterocycles. The van der Waals surface area contributed by atoms with E-state index in [9.17, 15) is 9.18 Å². The Hall–Kier alpha value is -2.67. The zero-order valence-corrected chi connectivity index (χ0v) is 14.0. The zero-order chi connectivity index (χ0) is 17.4. The van der Waals surface area contributed by atoms with Crippen molar-refractivity contribution in [2.75, 3.05) is 7.11 Å². The molecule has 0 fully saturated rings. The Kier molecular flexibility index (Phi) is 6.51. The number of benzene rings is 2. The van der Waals surface area contributed by atoms with E-state index in [0.717, 1.165) is 11.3 Å². The van der Waals surface area contributed by atoms with E-state index < -0.39 is 0 Å². The molecular weight excluding hydrogens is 329 g/mol. The highest BCUT2D eigenvalue weighted by Gasteiger charge is 2.05. The first-order valence-corrected chi connectivity index (χ1v) is 7.67. The van der Waals surface area contributed by atoms with Gasteiger partial charge in [-0.05, 0) is 47.6 Å². The fourth-order valence-corrected chi connectivity index (χ4v) is 2.10. The summed E-state index contributed by atoms with van der Waals surface area (Å²) >= 11 is 5.08. The molecular formula is C17H18FN3O2S. The van der Waals surface area contributed by atoms with E-state index in [2.05, 4.69) is 16.2 Å². The lowest BCUT2D eigenvalue weighted by atomic mass is 10.1. The number of thiocarbonyl (C=S) groups is 1. The third kappa shape index (κ3) is 5.85. The van der Waals surface area contributed by atoms with Crippen molar-refractivity contribution in [3.05, 3.63) is 65.5 Å². The maximum Gasteiger partial charge on any atom is 0.242 e. The molecule has 0 aromatic heterocycles. The average molecular weight is 347 g/mol. The maximum absolute atomic E-state index is 13.1. The first-order chi connectivity index (χ1) is 11.6. The molecule has 0 radical (unpaired) electrons. The fraction of sp³-hybridized carbons (Fsp3) is 0.176. The van der Waals surface area contributed by atoms with Gasteiger partial charge in [0.05, 0.1) is 13.5 Å². The number of amides is 1. The molecule has 2 aromatic rings. The summed E-state index contributed by atoms with van der Waals surface area (Å²) in [5.74, 6) is 0.100. The minimum atomic E-state index is -0.370. The highest BCUT2D eigenvalue weighted by molar-refractivity contribution is 7.80. The van der Waals surface area contributed by atoms with Gasteiger partial charge in [-0.3, -0.25) is 15.6 Å². The van der Waals surface area contributed by atoms with E-state index in [4.69, 9.17) is 17.0 Å². The Balaban J connectivity index is 1.71. The van der Waals surface area contributed by atoms with Crippen LogP contribution in [0.3, 0.4) is 0 Å². The van der Waals surface area contributed by atoms with Gasteiger partial charge < -0.3 is 10.1 Å². The number of nitrogens with one attached hydrogen (secondary N) is 3. The Morgan fingerprint density at radius 1 is 1.12 bits per heavy atom. The number of hydrogen-bond donors (Lipinski definition) is 3. The Bertz CT molecular complexity index is 707. The molecule has 5 nitrogen and oxygen atoms in total. The number of ether oxygens (including phenoxy) is 1. The molecule has 0 bridgehead atoms. The van der Waals surface area contributed by atoms with E-state index in [1.807, 2.05) is 24.3 Å². The molecule has 0 aliphatic rings. The van der Waals surface area contributed by atoms with Crippen LogP contribution >= 0.6 is 12.2 Å². The van der Waals surface area contributed by atoms with Gasteiger partial charge in [0, 0.05) is 6.54 Å². The van der Waals surface area contributed by atoms with Crippen LogP contribution < -0.4 is 20.9 Å². The van der Waals surface area contributed by atoms with Crippen molar-refractivity contribution in [2.45, 2.75) is 13.0 Å². The lowest BCUT2D eigenvalue weighted by Gasteiger charge is -2.12. The molecule has 24 heavy (non-hydrogen) atoms. The van der Waals surface area contributed by atoms with Gasteiger partial charge in [-0.1, -0.05) is 24.3 Å².